The first kappa shape index (κ1) is 22.9. The molecule has 0 aliphatic carbocycles. The smallest absolute Gasteiger partial charge is 0.251 e. The average Bonchev–Trinajstić information content (AvgIpc) is 2.86. The van der Waals surface area contributed by atoms with Crippen LogP contribution in [0, 0.1) is 13.8 Å². The van der Waals surface area contributed by atoms with Crippen molar-refractivity contribution in [3.05, 3.63) is 89.9 Å². The zero-order chi connectivity index (χ0) is 23.9. The number of nitrogens with zero attached hydrogens (tertiary/aromatic N) is 3. The fourth-order valence-electron chi connectivity index (χ4n) is 3.26. The third kappa shape index (κ3) is 5.54. The fourth-order valence-corrected chi connectivity index (χ4v) is 3.26. The summed E-state index contributed by atoms with van der Waals surface area (Å²) in [5.74, 6) is 1.68. The first-order valence-corrected chi connectivity index (χ1v) is 10.9. The number of rotatable bonds is 8. The highest BCUT2D eigenvalue weighted by molar-refractivity contribution is 5.94. The number of hydrogen-bond donors (Lipinski definition) is 3. The Morgan fingerprint density at radius 1 is 1.00 bits per heavy atom. The van der Waals surface area contributed by atoms with Gasteiger partial charge in [-0.05, 0) is 67.9 Å². The number of nitrogens with two attached hydrogens (primary N) is 1. The lowest BCUT2D eigenvalue weighted by atomic mass is 10.1. The van der Waals surface area contributed by atoms with Crippen LogP contribution >= 0.6 is 0 Å². The number of nitrogens with one attached hydrogen (secondary N) is 2. The molecule has 0 atom stereocenters. The van der Waals surface area contributed by atoms with Crippen LogP contribution in [0.4, 0.5) is 11.5 Å². The van der Waals surface area contributed by atoms with E-state index in [1.807, 2.05) is 50.2 Å². The molecule has 34 heavy (non-hydrogen) atoms. The Hall–Kier alpha value is -4.30. The molecule has 0 radical (unpaired) electrons. The number of benzene rings is 1. The maximum Gasteiger partial charge on any atom is 0.251 e. The number of pyridine rings is 3. The second-order valence-electron chi connectivity index (χ2n) is 7.68. The van der Waals surface area contributed by atoms with Crippen LogP contribution in [-0.4, -0.2) is 33.9 Å². The Labute approximate surface area is 198 Å². The van der Waals surface area contributed by atoms with E-state index < -0.39 is 0 Å². The van der Waals surface area contributed by atoms with Crippen molar-refractivity contribution < 1.29 is 9.53 Å². The number of aryl methyl sites for hydroxylation is 2. The van der Waals surface area contributed by atoms with Crippen molar-refractivity contribution in [1.82, 2.24) is 20.3 Å². The maximum atomic E-state index is 12.0. The summed E-state index contributed by atoms with van der Waals surface area (Å²) in [5.41, 5.74) is 10.2. The second kappa shape index (κ2) is 10.5. The molecule has 0 aliphatic heterocycles. The summed E-state index contributed by atoms with van der Waals surface area (Å²) < 4.78 is 6.22. The lowest BCUT2D eigenvalue weighted by Gasteiger charge is -2.14. The van der Waals surface area contributed by atoms with Gasteiger partial charge in [-0.25, -0.2) is 9.97 Å². The number of aromatic nitrogens is 3. The Morgan fingerprint density at radius 3 is 2.56 bits per heavy atom. The van der Waals surface area contributed by atoms with Crippen LogP contribution in [0.15, 0.2) is 73.1 Å². The third-order valence-electron chi connectivity index (χ3n) is 5.15. The SMILES string of the molecule is Cc1cc(Oc2ccnc(Nc3ccc(C(=O)NCCN)cc3)c2)c(-c2ccccn2)nc1C. The Morgan fingerprint density at radius 2 is 1.82 bits per heavy atom. The number of ether oxygens (including phenoxy) is 1. The molecular weight excluding hydrogens is 428 g/mol. The van der Waals surface area contributed by atoms with E-state index >= 15 is 0 Å². The van der Waals surface area contributed by atoms with Crippen molar-refractivity contribution in [1.29, 1.82) is 0 Å². The molecule has 8 heteroatoms. The molecule has 4 rings (SSSR count). The molecule has 1 aromatic carbocycles. The monoisotopic (exact) mass is 454 g/mol. The Kier molecular flexibility index (Phi) is 7.10. The maximum absolute atomic E-state index is 12.0. The minimum Gasteiger partial charge on any atom is -0.455 e. The van der Waals surface area contributed by atoms with Gasteiger partial charge in [-0.3, -0.25) is 9.78 Å². The molecule has 4 aromatic rings. The van der Waals surface area contributed by atoms with Gasteiger partial charge in [0.25, 0.3) is 5.91 Å². The molecule has 0 spiro atoms. The molecule has 0 saturated carbocycles. The zero-order valence-corrected chi connectivity index (χ0v) is 19.1. The largest absolute Gasteiger partial charge is 0.455 e. The van der Waals surface area contributed by atoms with E-state index in [-0.39, 0.29) is 5.91 Å². The van der Waals surface area contributed by atoms with Gasteiger partial charge >= 0.3 is 0 Å². The Balaban J connectivity index is 1.53. The summed E-state index contributed by atoms with van der Waals surface area (Å²) in [6.07, 6.45) is 3.40. The number of hydrogen-bond acceptors (Lipinski definition) is 7. The van der Waals surface area contributed by atoms with Crippen molar-refractivity contribution in [2.45, 2.75) is 13.8 Å². The summed E-state index contributed by atoms with van der Waals surface area (Å²) in [7, 11) is 0. The predicted octanol–water partition coefficient (Wildman–Crippen LogP) is 4.38. The first-order valence-electron chi connectivity index (χ1n) is 10.9. The molecule has 3 heterocycles. The van der Waals surface area contributed by atoms with Crippen molar-refractivity contribution in [2.75, 3.05) is 18.4 Å². The van der Waals surface area contributed by atoms with Crippen LogP contribution in [0.3, 0.4) is 0 Å². The summed E-state index contributed by atoms with van der Waals surface area (Å²) in [6, 6.07) is 18.4. The third-order valence-corrected chi connectivity index (χ3v) is 5.15. The van der Waals surface area contributed by atoms with E-state index in [2.05, 4.69) is 20.6 Å². The molecule has 1 amide bonds. The molecule has 0 saturated heterocycles. The molecule has 8 nitrogen and oxygen atoms in total. The molecular formula is C26H26N6O2. The summed E-state index contributed by atoms with van der Waals surface area (Å²) in [5, 5.41) is 5.98. The van der Waals surface area contributed by atoms with Gasteiger partial charge < -0.3 is 21.1 Å². The first-order chi connectivity index (χ1) is 16.5. The summed E-state index contributed by atoms with van der Waals surface area (Å²) >= 11 is 0. The minimum absolute atomic E-state index is 0.156. The van der Waals surface area contributed by atoms with Crippen LogP contribution in [-0.2, 0) is 0 Å². The lowest BCUT2D eigenvalue weighted by molar-refractivity contribution is 0.0955. The standard InChI is InChI=1S/C26H26N6O2/c1-17-15-23(25(31-18(17)2)22-5-3-4-12-28-22)34-21-10-13-29-24(16-21)32-20-8-6-19(7-9-20)26(33)30-14-11-27/h3-10,12-13,15-16H,11,14,27H2,1-2H3,(H,29,32)(H,30,33). The topological polar surface area (TPSA) is 115 Å². The van der Waals surface area contributed by atoms with Gasteiger partial charge in [0.05, 0.1) is 5.69 Å². The van der Waals surface area contributed by atoms with Crippen LogP contribution in [0.1, 0.15) is 21.6 Å². The van der Waals surface area contributed by atoms with Crippen molar-refractivity contribution >= 4 is 17.4 Å². The Bertz CT molecular complexity index is 1280. The van der Waals surface area contributed by atoms with Crippen LogP contribution < -0.4 is 21.1 Å². The average molecular weight is 455 g/mol. The van der Waals surface area contributed by atoms with E-state index in [1.165, 1.54) is 0 Å². The number of carbonyl (C=O) groups excluding carboxylic acids is 1. The van der Waals surface area contributed by atoms with Gasteiger partial charge in [0.15, 0.2) is 5.75 Å². The number of amides is 1. The lowest BCUT2D eigenvalue weighted by Crippen LogP contribution is -2.28. The van der Waals surface area contributed by atoms with Gasteiger partial charge in [-0.2, -0.15) is 0 Å². The summed E-state index contributed by atoms with van der Waals surface area (Å²) in [4.78, 5) is 25.6. The van der Waals surface area contributed by atoms with Gasteiger partial charge in [-0.15, -0.1) is 0 Å². The highest BCUT2D eigenvalue weighted by Gasteiger charge is 2.13. The molecule has 172 valence electrons. The van der Waals surface area contributed by atoms with Gasteiger partial charge in [0.1, 0.15) is 17.3 Å². The van der Waals surface area contributed by atoms with Gasteiger partial charge in [0, 0.05) is 48.5 Å². The molecule has 0 unspecified atom stereocenters. The quantitative estimate of drug-likeness (QED) is 0.362. The van der Waals surface area contributed by atoms with Crippen LogP contribution in [0.5, 0.6) is 11.5 Å². The van der Waals surface area contributed by atoms with Crippen LogP contribution in [0.2, 0.25) is 0 Å². The highest BCUT2D eigenvalue weighted by Crippen LogP contribution is 2.33. The minimum atomic E-state index is -0.156. The highest BCUT2D eigenvalue weighted by atomic mass is 16.5. The van der Waals surface area contributed by atoms with Crippen molar-refractivity contribution in [2.24, 2.45) is 5.73 Å². The number of carbonyl (C=O) groups is 1. The van der Waals surface area contributed by atoms with E-state index in [4.69, 9.17) is 15.5 Å². The molecule has 4 N–H and O–H groups in total. The van der Waals surface area contributed by atoms with Crippen molar-refractivity contribution in [3.63, 3.8) is 0 Å². The molecule has 0 fully saturated rings. The van der Waals surface area contributed by atoms with E-state index in [0.29, 0.717) is 41.7 Å². The molecule has 0 bridgehead atoms. The van der Waals surface area contributed by atoms with E-state index in [0.717, 1.165) is 22.6 Å². The van der Waals surface area contributed by atoms with E-state index in [9.17, 15) is 4.79 Å². The van der Waals surface area contributed by atoms with Gasteiger partial charge in [-0.1, -0.05) is 6.07 Å². The normalized spacial score (nSPS) is 10.6. The fraction of sp³-hybridized carbons (Fsp3) is 0.154. The molecule has 3 aromatic heterocycles. The second-order valence-corrected chi connectivity index (χ2v) is 7.68. The summed E-state index contributed by atoms with van der Waals surface area (Å²) in [6.45, 7) is 4.80. The van der Waals surface area contributed by atoms with Gasteiger partial charge in [0.2, 0.25) is 0 Å². The zero-order valence-electron chi connectivity index (χ0n) is 19.1. The molecule has 0 aliphatic rings. The van der Waals surface area contributed by atoms with E-state index in [1.54, 1.807) is 36.7 Å². The predicted molar refractivity (Wildman–Crippen MR) is 132 cm³/mol. The van der Waals surface area contributed by atoms with Crippen molar-refractivity contribution in [3.8, 4) is 22.9 Å². The van der Waals surface area contributed by atoms with Crippen LogP contribution in [0.25, 0.3) is 11.4 Å². The number of anilines is 2.